The Bertz CT molecular complexity index is 625. The maximum absolute atomic E-state index is 12.2. The summed E-state index contributed by atoms with van der Waals surface area (Å²) in [5, 5.41) is 11.1. The minimum Gasteiger partial charge on any atom is -0.288 e. The second-order valence-electron chi connectivity index (χ2n) is 3.58. The van der Waals surface area contributed by atoms with Crippen LogP contribution in [0.3, 0.4) is 0 Å². The normalized spacial score (nSPS) is 10.1. The number of benzene rings is 2. The fourth-order valence-corrected chi connectivity index (χ4v) is 1.84. The largest absolute Gasteiger partial charge is 0.288 e. The zero-order valence-electron chi connectivity index (χ0n) is 9.17. The Labute approximate surface area is 108 Å². The lowest BCUT2D eigenvalue weighted by molar-refractivity contribution is -0.385. The standard InChI is InChI=1S/C13H8ClNO3/c14-11-7-3-1-5-9(11)13(16)10-6-2-4-8-12(10)15(17)18/h1-8H. The summed E-state index contributed by atoms with van der Waals surface area (Å²) in [4.78, 5) is 22.5. The van der Waals surface area contributed by atoms with E-state index in [0.717, 1.165) is 0 Å². The summed E-state index contributed by atoms with van der Waals surface area (Å²) in [5.74, 6) is -0.451. The van der Waals surface area contributed by atoms with Gasteiger partial charge in [0.1, 0.15) is 5.56 Å². The van der Waals surface area contributed by atoms with E-state index in [0.29, 0.717) is 0 Å². The number of hydrogen-bond acceptors (Lipinski definition) is 3. The third kappa shape index (κ3) is 2.24. The van der Waals surface area contributed by atoms with Gasteiger partial charge in [-0.15, -0.1) is 0 Å². The van der Waals surface area contributed by atoms with Crippen molar-refractivity contribution in [2.75, 3.05) is 0 Å². The molecule has 0 saturated carbocycles. The first-order valence-corrected chi connectivity index (χ1v) is 5.51. The van der Waals surface area contributed by atoms with Crippen molar-refractivity contribution in [1.82, 2.24) is 0 Å². The highest BCUT2D eigenvalue weighted by Crippen LogP contribution is 2.24. The van der Waals surface area contributed by atoms with Crippen LogP contribution >= 0.6 is 11.6 Å². The van der Waals surface area contributed by atoms with Crippen molar-refractivity contribution in [3.05, 3.63) is 74.8 Å². The van der Waals surface area contributed by atoms with E-state index < -0.39 is 10.7 Å². The summed E-state index contributed by atoms with van der Waals surface area (Å²) in [6.07, 6.45) is 0. The molecule has 0 spiro atoms. The van der Waals surface area contributed by atoms with E-state index in [9.17, 15) is 14.9 Å². The fourth-order valence-electron chi connectivity index (χ4n) is 1.62. The molecule has 0 saturated heterocycles. The zero-order chi connectivity index (χ0) is 13.1. The Kier molecular flexibility index (Phi) is 3.39. The predicted octanol–water partition coefficient (Wildman–Crippen LogP) is 3.48. The molecular formula is C13H8ClNO3. The van der Waals surface area contributed by atoms with Crippen LogP contribution in [-0.2, 0) is 0 Å². The first-order valence-electron chi connectivity index (χ1n) is 5.14. The molecule has 18 heavy (non-hydrogen) atoms. The summed E-state index contributed by atoms with van der Waals surface area (Å²) >= 11 is 5.91. The van der Waals surface area contributed by atoms with Gasteiger partial charge in [-0.2, -0.15) is 0 Å². The van der Waals surface area contributed by atoms with Gasteiger partial charge in [0, 0.05) is 11.6 Å². The van der Waals surface area contributed by atoms with Gasteiger partial charge in [0.15, 0.2) is 0 Å². The molecule has 0 aliphatic heterocycles. The topological polar surface area (TPSA) is 60.2 Å². The molecule has 0 aliphatic rings. The van der Waals surface area contributed by atoms with Gasteiger partial charge in [-0.1, -0.05) is 35.9 Å². The Balaban J connectivity index is 2.54. The van der Waals surface area contributed by atoms with Crippen molar-refractivity contribution in [3.8, 4) is 0 Å². The molecule has 0 atom stereocenters. The van der Waals surface area contributed by atoms with Gasteiger partial charge >= 0.3 is 0 Å². The third-order valence-corrected chi connectivity index (χ3v) is 2.79. The Morgan fingerprint density at radius 1 is 1.00 bits per heavy atom. The average molecular weight is 262 g/mol. The molecule has 90 valence electrons. The minimum atomic E-state index is -0.579. The van der Waals surface area contributed by atoms with Gasteiger partial charge in [0.25, 0.3) is 5.69 Å². The number of ketones is 1. The van der Waals surface area contributed by atoms with E-state index in [1.165, 1.54) is 18.2 Å². The van der Waals surface area contributed by atoms with Crippen LogP contribution in [0.5, 0.6) is 0 Å². The SMILES string of the molecule is O=C(c1ccccc1Cl)c1ccccc1[N+](=O)[O-]. The third-order valence-electron chi connectivity index (χ3n) is 2.46. The average Bonchev–Trinajstić information content (AvgIpc) is 2.38. The Morgan fingerprint density at radius 3 is 2.17 bits per heavy atom. The molecule has 0 aromatic heterocycles. The van der Waals surface area contributed by atoms with E-state index in [1.54, 1.807) is 30.3 Å². The second kappa shape index (κ2) is 4.98. The summed E-state index contributed by atoms with van der Waals surface area (Å²) in [6.45, 7) is 0. The summed E-state index contributed by atoms with van der Waals surface area (Å²) in [7, 11) is 0. The van der Waals surface area contributed by atoms with Crippen LogP contribution in [0.1, 0.15) is 15.9 Å². The van der Waals surface area contributed by atoms with E-state index in [-0.39, 0.29) is 21.8 Å². The summed E-state index contributed by atoms with van der Waals surface area (Å²) < 4.78 is 0. The molecule has 0 bridgehead atoms. The highest BCUT2D eigenvalue weighted by atomic mass is 35.5. The van der Waals surface area contributed by atoms with Crippen LogP contribution in [-0.4, -0.2) is 10.7 Å². The minimum absolute atomic E-state index is 0.0376. The molecule has 0 radical (unpaired) electrons. The first-order chi connectivity index (χ1) is 8.61. The Hall–Kier alpha value is -2.20. The zero-order valence-corrected chi connectivity index (χ0v) is 9.92. The summed E-state index contributed by atoms with van der Waals surface area (Å²) in [6, 6.07) is 12.3. The fraction of sp³-hybridized carbons (Fsp3) is 0. The smallest absolute Gasteiger partial charge is 0.280 e. The van der Waals surface area contributed by atoms with Gasteiger partial charge < -0.3 is 0 Å². The van der Waals surface area contributed by atoms with E-state index in [2.05, 4.69) is 0 Å². The molecule has 4 nitrogen and oxygen atoms in total. The molecule has 0 amide bonds. The van der Waals surface area contributed by atoms with Crippen LogP contribution in [0.4, 0.5) is 5.69 Å². The number of nitro groups is 1. The Morgan fingerprint density at radius 2 is 1.56 bits per heavy atom. The van der Waals surface area contributed by atoms with Gasteiger partial charge in [-0.25, -0.2) is 0 Å². The van der Waals surface area contributed by atoms with Gasteiger partial charge in [-0.3, -0.25) is 14.9 Å². The van der Waals surface area contributed by atoms with Crippen molar-refractivity contribution in [2.45, 2.75) is 0 Å². The van der Waals surface area contributed by atoms with Gasteiger partial charge in [-0.05, 0) is 18.2 Å². The first kappa shape index (κ1) is 12.3. The van der Waals surface area contributed by atoms with Gasteiger partial charge in [0.2, 0.25) is 5.78 Å². The van der Waals surface area contributed by atoms with Crippen LogP contribution < -0.4 is 0 Å². The second-order valence-corrected chi connectivity index (χ2v) is 3.99. The molecule has 2 aromatic rings. The van der Waals surface area contributed by atoms with Crippen molar-refractivity contribution >= 4 is 23.1 Å². The number of para-hydroxylation sites is 1. The van der Waals surface area contributed by atoms with E-state index >= 15 is 0 Å². The summed E-state index contributed by atoms with van der Waals surface area (Å²) in [5.41, 5.74) is 0.0755. The van der Waals surface area contributed by atoms with E-state index in [1.807, 2.05) is 0 Å². The number of halogens is 1. The maximum Gasteiger partial charge on any atom is 0.280 e. The predicted molar refractivity (Wildman–Crippen MR) is 68.0 cm³/mol. The van der Waals surface area contributed by atoms with E-state index in [4.69, 9.17) is 11.6 Å². The molecule has 0 heterocycles. The van der Waals surface area contributed by atoms with Crippen molar-refractivity contribution in [1.29, 1.82) is 0 Å². The number of carbonyl (C=O) groups excluding carboxylic acids is 1. The van der Waals surface area contributed by atoms with Crippen LogP contribution in [0.15, 0.2) is 48.5 Å². The number of rotatable bonds is 3. The maximum atomic E-state index is 12.2. The molecular weight excluding hydrogens is 254 g/mol. The highest BCUT2D eigenvalue weighted by molar-refractivity contribution is 6.35. The number of nitrogens with zero attached hydrogens (tertiary/aromatic N) is 1. The molecule has 2 aromatic carbocycles. The highest BCUT2D eigenvalue weighted by Gasteiger charge is 2.21. The molecule has 0 unspecified atom stereocenters. The van der Waals surface area contributed by atoms with Crippen molar-refractivity contribution < 1.29 is 9.72 Å². The molecule has 0 aliphatic carbocycles. The number of nitro benzene ring substituents is 1. The lowest BCUT2D eigenvalue weighted by Crippen LogP contribution is -2.05. The van der Waals surface area contributed by atoms with Crippen molar-refractivity contribution in [2.24, 2.45) is 0 Å². The van der Waals surface area contributed by atoms with Crippen LogP contribution in [0.25, 0.3) is 0 Å². The van der Waals surface area contributed by atoms with Gasteiger partial charge in [0.05, 0.1) is 9.95 Å². The molecule has 2 rings (SSSR count). The van der Waals surface area contributed by atoms with Crippen LogP contribution in [0, 0.1) is 10.1 Å². The van der Waals surface area contributed by atoms with Crippen LogP contribution in [0.2, 0.25) is 5.02 Å². The lowest BCUT2D eigenvalue weighted by Gasteiger charge is -2.03. The van der Waals surface area contributed by atoms with Crippen molar-refractivity contribution in [3.63, 3.8) is 0 Å². The monoisotopic (exact) mass is 261 g/mol. The molecule has 0 N–H and O–H groups in total. The number of carbonyl (C=O) groups is 1. The number of hydrogen-bond donors (Lipinski definition) is 0. The quantitative estimate of drug-likeness (QED) is 0.483. The molecule has 5 heteroatoms. The molecule has 0 fully saturated rings. The lowest BCUT2D eigenvalue weighted by atomic mass is 10.0.